The first kappa shape index (κ1) is 15.3. The molecular formula is C10H15F3N4O2. The number of alkyl halides is 3. The highest BCUT2D eigenvalue weighted by Gasteiger charge is 2.29. The highest BCUT2D eigenvalue weighted by molar-refractivity contribution is 5.27. The second-order valence-corrected chi connectivity index (χ2v) is 3.82. The molecule has 6 nitrogen and oxygen atoms in total. The number of hydrogen-bond donors (Lipinski definition) is 1. The van der Waals surface area contributed by atoms with Gasteiger partial charge in [-0.2, -0.15) is 23.1 Å². The molecule has 0 atom stereocenters. The van der Waals surface area contributed by atoms with E-state index >= 15 is 0 Å². The predicted molar refractivity (Wildman–Crippen MR) is 61.3 cm³/mol. The highest BCUT2D eigenvalue weighted by atomic mass is 19.4. The molecule has 0 saturated carbocycles. The summed E-state index contributed by atoms with van der Waals surface area (Å²) in [6.45, 7) is 4.32. The Balaban J connectivity index is 2.86. The molecule has 9 heteroatoms. The molecule has 0 fully saturated rings. The molecule has 1 N–H and O–H groups in total. The largest absolute Gasteiger partial charge is 0.461 e. The number of anilines is 1. The van der Waals surface area contributed by atoms with Crippen LogP contribution in [0.5, 0.6) is 12.0 Å². The average Bonchev–Trinajstić information content (AvgIpc) is 2.24. The standard InChI is InChI=1S/C10H15F3N4O2/c1-4-14-7-15-8(18-5-10(11,12)13)17-9(16-7)19-6(2)3/h6H,4-5H2,1-3H3,(H,14,15,16,17). The molecule has 0 unspecified atom stereocenters. The van der Waals surface area contributed by atoms with E-state index in [0.29, 0.717) is 6.54 Å². The first-order valence-electron chi connectivity index (χ1n) is 5.66. The van der Waals surface area contributed by atoms with Gasteiger partial charge in [0, 0.05) is 6.54 Å². The Labute approximate surface area is 108 Å². The van der Waals surface area contributed by atoms with Crippen molar-refractivity contribution in [2.45, 2.75) is 33.1 Å². The monoisotopic (exact) mass is 280 g/mol. The fourth-order valence-corrected chi connectivity index (χ4v) is 1.05. The molecular weight excluding hydrogens is 265 g/mol. The van der Waals surface area contributed by atoms with Crippen molar-refractivity contribution in [3.05, 3.63) is 0 Å². The van der Waals surface area contributed by atoms with Gasteiger partial charge >= 0.3 is 18.2 Å². The highest BCUT2D eigenvalue weighted by Crippen LogP contribution is 2.18. The van der Waals surface area contributed by atoms with Crippen molar-refractivity contribution in [3.8, 4) is 12.0 Å². The molecule has 0 bridgehead atoms. The zero-order valence-electron chi connectivity index (χ0n) is 10.8. The Kier molecular flexibility index (Phi) is 5.13. The summed E-state index contributed by atoms with van der Waals surface area (Å²) in [4.78, 5) is 11.2. The van der Waals surface area contributed by atoms with Crippen molar-refractivity contribution < 1.29 is 22.6 Å². The summed E-state index contributed by atoms with van der Waals surface area (Å²) in [5, 5.41) is 2.76. The molecule has 19 heavy (non-hydrogen) atoms. The quantitative estimate of drug-likeness (QED) is 0.860. The Bertz CT molecular complexity index is 412. The maximum atomic E-state index is 12.1. The van der Waals surface area contributed by atoms with Gasteiger partial charge in [-0.15, -0.1) is 4.98 Å². The minimum atomic E-state index is -4.45. The Morgan fingerprint density at radius 1 is 1.16 bits per heavy atom. The lowest BCUT2D eigenvalue weighted by Crippen LogP contribution is -2.21. The zero-order chi connectivity index (χ0) is 14.5. The lowest BCUT2D eigenvalue weighted by atomic mass is 10.5. The third-order valence-electron chi connectivity index (χ3n) is 1.64. The van der Waals surface area contributed by atoms with Crippen molar-refractivity contribution in [1.82, 2.24) is 15.0 Å². The van der Waals surface area contributed by atoms with E-state index in [-0.39, 0.29) is 18.1 Å². The van der Waals surface area contributed by atoms with Gasteiger partial charge in [-0.1, -0.05) is 0 Å². The molecule has 0 amide bonds. The van der Waals surface area contributed by atoms with Crippen LogP contribution < -0.4 is 14.8 Å². The first-order valence-corrected chi connectivity index (χ1v) is 5.66. The van der Waals surface area contributed by atoms with E-state index in [2.05, 4.69) is 25.0 Å². The fraction of sp³-hybridized carbons (Fsp3) is 0.700. The third-order valence-corrected chi connectivity index (χ3v) is 1.64. The molecule has 1 aromatic rings. The van der Waals surface area contributed by atoms with Crippen molar-refractivity contribution in [3.63, 3.8) is 0 Å². The van der Waals surface area contributed by atoms with Gasteiger partial charge in [0.2, 0.25) is 5.95 Å². The summed E-state index contributed by atoms with van der Waals surface area (Å²) >= 11 is 0. The Morgan fingerprint density at radius 3 is 2.32 bits per heavy atom. The molecule has 0 aliphatic heterocycles. The SMILES string of the molecule is CCNc1nc(OCC(F)(F)F)nc(OC(C)C)n1. The van der Waals surface area contributed by atoms with Crippen LogP contribution in [-0.2, 0) is 0 Å². The van der Waals surface area contributed by atoms with Crippen LogP contribution in [0.4, 0.5) is 19.1 Å². The van der Waals surface area contributed by atoms with Gasteiger partial charge in [0.25, 0.3) is 0 Å². The van der Waals surface area contributed by atoms with Crippen molar-refractivity contribution in [2.24, 2.45) is 0 Å². The van der Waals surface area contributed by atoms with Crippen molar-refractivity contribution >= 4 is 5.95 Å². The molecule has 0 spiro atoms. The summed E-state index contributed by atoms with van der Waals surface area (Å²) in [5.41, 5.74) is 0. The summed E-state index contributed by atoms with van der Waals surface area (Å²) < 4.78 is 45.9. The number of nitrogens with zero attached hydrogens (tertiary/aromatic N) is 3. The van der Waals surface area contributed by atoms with Gasteiger partial charge in [0.1, 0.15) is 0 Å². The van der Waals surface area contributed by atoms with E-state index in [1.165, 1.54) is 0 Å². The van der Waals surface area contributed by atoms with E-state index in [4.69, 9.17) is 4.74 Å². The normalized spacial score (nSPS) is 11.5. The van der Waals surface area contributed by atoms with Gasteiger partial charge in [-0.25, -0.2) is 0 Å². The summed E-state index contributed by atoms with van der Waals surface area (Å²) in [6, 6.07) is -0.517. The van der Waals surface area contributed by atoms with Crippen LogP contribution in [0.15, 0.2) is 0 Å². The molecule has 0 saturated heterocycles. The van der Waals surface area contributed by atoms with E-state index in [1.54, 1.807) is 20.8 Å². The van der Waals surface area contributed by atoms with Crippen LogP contribution >= 0.6 is 0 Å². The van der Waals surface area contributed by atoms with Crippen LogP contribution in [-0.4, -0.2) is 40.4 Å². The zero-order valence-corrected chi connectivity index (χ0v) is 10.8. The maximum Gasteiger partial charge on any atom is 0.422 e. The number of halogens is 3. The van der Waals surface area contributed by atoms with Gasteiger partial charge in [-0.3, -0.25) is 0 Å². The van der Waals surface area contributed by atoms with Gasteiger partial charge < -0.3 is 14.8 Å². The van der Waals surface area contributed by atoms with E-state index in [9.17, 15) is 13.2 Å². The third kappa shape index (κ3) is 6.07. The van der Waals surface area contributed by atoms with Crippen LogP contribution in [0.1, 0.15) is 20.8 Å². The number of aromatic nitrogens is 3. The van der Waals surface area contributed by atoms with Gasteiger partial charge in [0.05, 0.1) is 6.10 Å². The molecule has 0 aliphatic carbocycles. The number of rotatable bonds is 6. The smallest absolute Gasteiger partial charge is 0.422 e. The van der Waals surface area contributed by atoms with Crippen LogP contribution in [0.2, 0.25) is 0 Å². The Morgan fingerprint density at radius 2 is 1.79 bits per heavy atom. The summed E-state index contributed by atoms with van der Waals surface area (Å²) in [6.07, 6.45) is -4.67. The van der Waals surface area contributed by atoms with Crippen molar-refractivity contribution in [2.75, 3.05) is 18.5 Å². The maximum absolute atomic E-state index is 12.1. The topological polar surface area (TPSA) is 69.2 Å². The number of hydrogen-bond acceptors (Lipinski definition) is 6. The van der Waals surface area contributed by atoms with Gasteiger partial charge in [-0.05, 0) is 20.8 Å². The number of ether oxygens (including phenoxy) is 2. The molecule has 1 aromatic heterocycles. The fourth-order valence-electron chi connectivity index (χ4n) is 1.05. The molecule has 108 valence electrons. The van der Waals surface area contributed by atoms with Crippen molar-refractivity contribution in [1.29, 1.82) is 0 Å². The average molecular weight is 280 g/mol. The van der Waals surface area contributed by atoms with Crippen LogP contribution in [0.3, 0.4) is 0 Å². The number of nitrogens with one attached hydrogen (secondary N) is 1. The summed E-state index contributed by atoms with van der Waals surface area (Å²) in [7, 11) is 0. The van der Waals surface area contributed by atoms with Crippen LogP contribution in [0, 0.1) is 0 Å². The molecule has 1 rings (SSSR count). The van der Waals surface area contributed by atoms with Crippen LogP contribution in [0.25, 0.3) is 0 Å². The molecule has 1 heterocycles. The Hall–Kier alpha value is -1.80. The molecule has 0 aromatic carbocycles. The van der Waals surface area contributed by atoms with Gasteiger partial charge in [0.15, 0.2) is 6.61 Å². The van der Waals surface area contributed by atoms with E-state index < -0.39 is 18.8 Å². The lowest BCUT2D eigenvalue weighted by Gasteiger charge is -2.12. The second kappa shape index (κ2) is 6.39. The molecule has 0 aliphatic rings. The van der Waals surface area contributed by atoms with E-state index in [1.807, 2.05) is 0 Å². The predicted octanol–water partition coefficient (Wildman–Crippen LogP) is 2.03. The molecule has 0 radical (unpaired) electrons. The minimum Gasteiger partial charge on any atom is -0.461 e. The summed E-state index contributed by atoms with van der Waals surface area (Å²) in [5.74, 6) is 0.102. The minimum absolute atomic E-state index is 0.0851. The lowest BCUT2D eigenvalue weighted by molar-refractivity contribution is -0.154. The first-order chi connectivity index (χ1) is 8.80. The van der Waals surface area contributed by atoms with E-state index in [0.717, 1.165) is 0 Å². The second-order valence-electron chi connectivity index (χ2n) is 3.82.